The molecule has 1 N–H and O–H groups in total. The molecule has 0 aliphatic carbocycles. The second-order valence-electron chi connectivity index (χ2n) is 7.89. The minimum absolute atomic E-state index is 0.0453. The van der Waals surface area contributed by atoms with Crippen LogP contribution in [0.1, 0.15) is 33.6 Å². The number of halogens is 4. The molecule has 5 nitrogen and oxygen atoms in total. The van der Waals surface area contributed by atoms with Gasteiger partial charge in [-0.1, -0.05) is 17.7 Å². The summed E-state index contributed by atoms with van der Waals surface area (Å²) in [5.41, 5.74) is 2.81. The van der Waals surface area contributed by atoms with E-state index in [0.29, 0.717) is 44.1 Å². The number of aromatic nitrogens is 2. The van der Waals surface area contributed by atoms with Gasteiger partial charge in [0.1, 0.15) is 11.5 Å². The molecule has 0 bridgehead atoms. The third-order valence-electron chi connectivity index (χ3n) is 5.55. The molecular formula is C22H22ClF3N4O. The summed E-state index contributed by atoms with van der Waals surface area (Å²) in [6, 6.07) is 6.87. The number of hydrogen-bond donors (Lipinski definition) is 1. The van der Waals surface area contributed by atoms with Crippen molar-refractivity contribution in [2.24, 2.45) is 0 Å². The minimum atomic E-state index is -4.49. The third kappa shape index (κ3) is 4.35. The molecule has 0 saturated carbocycles. The number of alkyl halides is 3. The number of anilines is 1. The van der Waals surface area contributed by atoms with Crippen LogP contribution in [-0.2, 0) is 6.18 Å². The maximum atomic E-state index is 13.1. The van der Waals surface area contributed by atoms with Crippen LogP contribution in [0.25, 0.3) is 10.9 Å². The van der Waals surface area contributed by atoms with E-state index in [9.17, 15) is 18.0 Å². The first-order valence-electron chi connectivity index (χ1n) is 10.0. The Hall–Kier alpha value is -2.74. The summed E-state index contributed by atoms with van der Waals surface area (Å²) in [5.74, 6) is 0.210. The van der Waals surface area contributed by atoms with Crippen molar-refractivity contribution in [2.75, 3.05) is 31.1 Å². The van der Waals surface area contributed by atoms with Crippen molar-refractivity contribution in [2.45, 2.75) is 26.4 Å². The molecule has 0 spiro atoms. The largest absolute Gasteiger partial charge is 0.417 e. The van der Waals surface area contributed by atoms with E-state index in [1.165, 1.54) is 0 Å². The number of H-pyrrole nitrogens is 1. The second-order valence-corrected chi connectivity index (χ2v) is 8.29. The number of amides is 1. The molecule has 4 rings (SSSR count). The molecule has 1 saturated heterocycles. The van der Waals surface area contributed by atoms with E-state index in [-0.39, 0.29) is 10.9 Å². The molecule has 1 aliphatic heterocycles. The Labute approximate surface area is 182 Å². The normalized spacial score (nSPS) is 15.4. The predicted octanol–water partition coefficient (Wildman–Crippen LogP) is 5.20. The van der Waals surface area contributed by atoms with E-state index in [4.69, 9.17) is 11.6 Å². The summed E-state index contributed by atoms with van der Waals surface area (Å²) in [7, 11) is 0. The van der Waals surface area contributed by atoms with Crippen LogP contribution in [0.5, 0.6) is 0 Å². The number of hydrogen-bond acceptors (Lipinski definition) is 3. The van der Waals surface area contributed by atoms with Gasteiger partial charge in [-0.25, -0.2) is 4.98 Å². The molecule has 164 valence electrons. The van der Waals surface area contributed by atoms with Gasteiger partial charge >= 0.3 is 6.18 Å². The SMILES string of the molecule is Cc1cc(C)c2cc(C(=O)N3CCCN(c4ncc(C(F)(F)F)cc4Cl)CC3)[nH]c2c1. The summed E-state index contributed by atoms with van der Waals surface area (Å²) in [4.78, 5) is 23.8. The van der Waals surface area contributed by atoms with Gasteiger partial charge < -0.3 is 14.8 Å². The highest BCUT2D eigenvalue weighted by Crippen LogP contribution is 2.33. The van der Waals surface area contributed by atoms with Gasteiger partial charge in [0.2, 0.25) is 0 Å². The number of benzene rings is 1. The Kier molecular flexibility index (Phi) is 5.60. The van der Waals surface area contributed by atoms with Gasteiger partial charge in [-0.2, -0.15) is 13.2 Å². The number of nitrogens with one attached hydrogen (secondary N) is 1. The van der Waals surface area contributed by atoms with Crippen LogP contribution >= 0.6 is 11.6 Å². The second kappa shape index (κ2) is 8.07. The predicted molar refractivity (Wildman–Crippen MR) is 115 cm³/mol. The van der Waals surface area contributed by atoms with Crippen LogP contribution in [0, 0.1) is 13.8 Å². The number of pyridine rings is 1. The fraction of sp³-hybridized carbons (Fsp3) is 0.364. The Morgan fingerprint density at radius 1 is 1.10 bits per heavy atom. The lowest BCUT2D eigenvalue weighted by Crippen LogP contribution is -2.35. The van der Waals surface area contributed by atoms with Crippen LogP contribution in [0.2, 0.25) is 5.02 Å². The van der Waals surface area contributed by atoms with E-state index in [2.05, 4.69) is 16.0 Å². The van der Waals surface area contributed by atoms with Gasteiger partial charge in [0, 0.05) is 43.3 Å². The molecule has 3 heterocycles. The number of rotatable bonds is 2. The van der Waals surface area contributed by atoms with Crippen molar-refractivity contribution < 1.29 is 18.0 Å². The summed E-state index contributed by atoms with van der Waals surface area (Å²) in [6.45, 7) is 5.97. The van der Waals surface area contributed by atoms with Crippen molar-refractivity contribution in [3.8, 4) is 0 Å². The molecule has 0 atom stereocenters. The lowest BCUT2D eigenvalue weighted by atomic mass is 10.1. The zero-order valence-electron chi connectivity index (χ0n) is 17.2. The zero-order chi connectivity index (χ0) is 22.3. The highest BCUT2D eigenvalue weighted by atomic mass is 35.5. The van der Waals surface area contributed by atoms with Crippen molar-refractivity contribution >= 4 is 34.2 Å². The minimum Gasteiger partial charge on any atom is -0.354 e. The standard InChI is InChI=1S/C22H22ClF3N4O/c1-13-8-14(2)16-11-19(28-18(16)9-13)21(31)30-5-3-4-29(6-7-30)20-17(23)10-15(12-27-20)22(24,25)26/h8-12,28H,3-7H2,1-2H3. The Morgan fingerprint density at radius 3 is 2.58 bits per heavy atom. The van der Waals surface area contributed by atoms with Crippen LogP contribution in [0.3, 0.4) is 0 Å². The molecule has 0 radical (unpaired) electrons. The Bertz CT molecular complexity index is 1140. The number of aromatic amines is 1. The van der Waals surface area contributed by atoms with Gasteiger partial charge in [-0.3, -0.25) is 4.79 Å². The first kappa shape index (κ1) is 21.5. The molecule has 0 unspecified atom stereocenters. The van der Waals surface area contributed by atoms with Crippen LogP contribution in [-0.4, -0.2) is 47.0 Å². The van der Waals surface area contributed by atoms with Crippen molar-refractivity contribution in [3.63, 3.8) is 0 Å². The average molecular weight is 451 g/mol. The fourth-order valence-electron chi connectivity index (χ4n) is 4.04. The van der Waals surface area contributed by atoms with Gasteiger partial charge in [-0.15, -0.1) is 0 Å². The number of carbonyl (C=O) groups is 1. The zero-order valence-corrected chi connectivity index (χ0v) is 17.9. The maximum absolute atomic E-state index is 13.1. The molecule has 1 amide bonds. The highest BCUT2D eigenvalue weighted by molar-refractivity contribution is 6.33. The lowest BCUT2D eigenvalue weighted by Gasteiger charge is -2.23. The maximum Gasteiger partial charge on any atom is 0.417 e. The van der Waals surface area contributed by atoms with E-state index < -0.39 is 11.7 Å². The van der Waals surface area contributed by atoms with E-state index >= 15 is 0 Å². The number of nitrogens with zero attached hydrogens (tertiary/aromatic N) is 3. The van der Waals surface area contributed by atoms with Crippen molar-refractivity contribution in [1.29, 1.82) is 0 Å². The van der Waals surface area contributed by atoms with Gasteiger partial charge in [0.05, 0.1) is 10.6 Å². The smallest absolute Gasteiger partial charge is 0.354 e. The first-order valence-corrected chi connectivity index (χ1v) is 10.4. The van der Waals surface area contributed by atoms with Crippen LogP contribution < -0.4 is 4.90 Å². The molecular weight excluding hydrogens is 429 g/mol. The molecule has 1 fully saturated rings. The summed E-state index contributed by atoms with van der Waals surface area (Å²) in [6.07, 6.45) is -3.04. The number of fused-ring (bicyclic) bond motifs is 1. The summed E-state index contributed by atoms with van der Waals surface area (Å²) < 4.78 is 38.6. The Balaban J connectivity index is 1.50. The number of aryl methyl sites for hydroxylation is 2. The highest BCUT2D eigenvalue weighted by Gasteiger charge is 2.32. The fourth-order valence-corrected chi connectivity index (χ4v) is 4.32. The third-order valence-corrected chi connectivity index (χ3v) is 5.83. The van der Waals surface area contributed by atoms with E-state index in [0.717, 1.165) is 34.3 Å². The van der Waals surface area contributed by atoms with Crippen molar-refractivity contribution in [3.05, 3.63) is 57.9 Å². The van der Waals surface area contributed by atoms with Gasteiger partial charge in [0.15, 0.2) is 0 Å². The number of carbonyl (C=O) groups excluding carboxylic acids is 1. The van der Waals surface area contributed by atoms with E-state index in [1.54, 1.807) is 4.90 Å². The van der Waals surface area contributed by atoms with Crippen LogP contribution in [0.4, 0.5) is 19.0 Å². The topological polar surface area (TPSA) is 52.2 Å². The quantitative estimate of drug-likeness (QED) is 0.583. The van der Waals surface area contributed by atoms with Crippen LogP contribution in [0.15, 0.2) is 30.5 Å². The summed E-state index contributed by atoms with van der Waals surface area (Å²) in [5, 5.41) is 0.974. The first-order chi connectivity index (χ1) is 14.6. The lowest BCUT2D eigenvalue weighted by molar-refractivity contribution is -0.137. The monoisotopic (exact) mass is 450 g/mol. The molecule has 9 heteroatoms. The average Bonchev–Trinajstić information content (AvgIpc) is 2.97. The van der Waals surface area contributed by atoms with E-state index in [1.807, 2.05) is 30.9 Å². The summed E-state index contributed by atoms with van der Waals surface area (Å²) >= 11 is 6.10. The molecule has 1 aromatic carbocycles. The van der Waals surface area contributed by atoms with Gasteiger partial charge in [-0.05, 0) is 49.6 Å². The Morgan fingerprint density at radius 2 is 1.87 bits per heavy atom. The van der Waals surface area contributed by atoms with Gasteiger partial charge in [0.25, 0.3) is 5.91 Å². The molecule has 1 aliphatic rings. The molecule has 31 heavy (non-hydrogen) atoms. The van der Waals surface area contributed by atoms with Crippen molar-refractivity contribution in [1.82, 2.24) is 14.9 Å². The molecule has 2 aromatic heterocycles. The molecule has 3 aromatic rings.